The Hall–Kier alpha value is -3.53. The molecule has 1 unspecified atom stereocenters. The summed E-state index contributed by atoms with van der Waals surface area (Å²) in [6, 6.07) is 18.9. The lowest BCUT2D eigenvalue weighted by molar-refractivity contribution is -0.148. The van der Waals surface area contributed by atoms with Gasteiger partial charge >= 0.3 is 5.97 Å². The minimum Gasteiger partial charge on any atom is -0.486 e. The van der Waals surface area contributed by atoms with Crippen molar-refractivity contribution in [3.63, 3.8) is 0 Å². The second-order valence-corrected chi connectivity index (χ2v) is 9.62. The highest BCUT2D eigenvalue weighted by molar-refractivity contribution is 5.79. The van der Waals surface area contributed by atoms with Crippen LogP contribution in [0.15, 0.2) is 54.6 Å². The van der Waals surface area contributed by atoms with Crippen LogP contribution < -0.4 is 9.47 Å². The number of hydrogen-bond donors (Lipinski definition) is 1. The number of aliphatic carboxylic acids is 1. The lowest BCUT2D eigenvalue weighted by Gasteiger charge is -2.22. The van der Waals surface area contributed by atoms with Crippen molar-refractivity contribution >= 4 is 18.1 Å². The van der Waals surface area contributed by atoms with Crippen molar-refractivity contribution in [3.05, 3.63) is 82.4 Å². The molecule has 1 aliphatic heterocycles. The molecule has 0 aromatic heterocycles. The summed E-state index contributed by atoms with van der Waals surface area (Å²) in [5.74, 6) is 0.871. The Bertz CT molecular complexity index is 1260. The van der Waals surface area contributed by atoms with Gasteiger partial charge in [0.05, 0.1) is 5.41 Å². The van der Waals surface area contributed by atoms with E-state index in [-0.39, 0.29) is 0 Å². The molecule has 3 aromatic rings. The number of hydrogen-bond acceptors (Lipinski definition) is 3. The summed E-state index contributed by atoms with van der Waals surface area (Å²) in [4.78, 5) is 11.7. The summed E-state index contributed by atoms with van der Waals surface area (Å²) in [7, 11) is 0. The van der Waals surface area contributed by atoms with Crippen LogP contribution in [0.4, 0.5) is 0 Å². The van der Waals surface area contributed by atoms with Gasteiger partial charge in [-0.15, -0.1) is 0 Å². The van der Waals surface area contributed by atoms with Crippen LogP contribution in [0, 0.1) is 19.3 Å². The Morgan fingerprint density at radius 3 is 2.46 bits per heavy atom. The van der Waals surface area contributed by atoms with E-state index in [1.807, 2.05) is 19.9 Å². The quantitative estimate of drug-likeness (QED) is 0.350. The number of carboxylic acids is 1. The van der Waals surface area contributed by atoms with E-state index in [0.717, 1.165) is 40.2 Å². The summed E-state index contributed by atoms with van der Waals surface area (Å²) in [6.07, 6.45) is 6.32. The molecule has 0 fully saturated rings. The van der Waals surface area contributed by atoms with Gasteiger partial charge < -0.3 is 14.6 Å². The number of rotatable bonds is 8. The summed E-state index contributed by atoms with van der Waals surface area (Å²) >= 11 is 0. The second kappa shape index (κ2) is 10.4. The Balaban J connectivity index is 1.56. The first-order chi connectivity index (χ1) is 16.8. The molecule has 182 valence electrons. The number of aryl methyl sites for hydroxylation is 2. The van der Waals surface area contributed by atoms with Crippen LogP contribution in [0.25, 0.3) is 23.3 Å². The molecule has 4 heteroatoms. The molecule has 1 atom stereocenters. The van der Waals surface area contributed by atoms with Crippen LogP contribution >= 0.6 is 0 Å². The molecule has 0 spiro atoms. The molecule has 1 aliphatic rings. The maximum absolute atomic E-state index is 11.7. The van der Waals surface area contributed by atoms with E-state index in [0.29, 0.717) is 26.1 Å². The Labute approximate surface area is 208 Å². The lowest BCUT2D eigenvalue weighted by atomic mass is 9.81. The fraction of sp³-hybridized carbons (Fsp3) is 0.323. The van der Waals surface area contributed by atoms with Gasteiger partial charge in [-0.25, -0.2) is 0 Å². The molecule has 0 bridgehead atoms. The van der Waals surface area contributed by atoms with Crippen LogP contribution in [0.1, 0.15) is 54.5 Å². The van der Waals surface area contributed by atoms with Crippen molar-refractivity contribution in [2.45, 2.75) is 47.0 Å². The van der Waals surface area contributed by atoms with Gasteiger partial charge in [-0.2, -0.15) is 0 Å². The maximum Gasteiger partial charge on any atom is 0.309 e. The van der Waals surface area contributed by atoms with Crippen LogP contribution in [0.2, 0.25) is 0 Å². The SMILES string of the molecule is CCC(C)(CCc1ccc(C)c(/C=C/c2cccc(-c3ccc4c(c3)OCCO4)c2C)c1)C(=O)O. The van der Waals surface area contributed by atoms with Gasteiger partial charge in [0, 0.05) is 0 Å². The molecule has 1 heterocycles. The van der Waals surface area contributed by atoms with Crippen molar-refractivity contribution in [2.75, 3.05) is 13.2 Å². The molecule has 4 rings (SSSR count). The van der Waals surface area contributed by atoms with Gasteiger partial charge in [-0.3, -0.25) is 4.79 Å². The van der Waals surface area contributed by atoms with E-state index >= 15 is 0 Å². The number of ether oxygens (including phenoxy) is 2. The Morgan fingerprint density at radius 1 is 0.971 bits per heavy atom. The van der Waals surface area contributed by atoms with Gasteiger partial charge in [-0.1, -0.05) is 61.5 Å². The second-order valence-electron chi connectivity index (χ2n) is 9.62. The van der Waals surface area contributed by atoms with E-state index in [1.54, 1.807) is 0 Å². The van der Waals surface area contributed by atoms with Gasteiger partial charge in [0.1, 0.15) is 13.2 Å². The predicted octanol–water partition coefficient (Wildman–Crippen LogP) is 7.35. The molecule has 0 saturated carbocycles. The highest BCUT2D eigenvalue weighted by atomic mass is 16.6. The highest BCUT2D eigenvalue weighted by Gasteiger charge is 2.30. The third-order valence-electron chi connectivity index (χ3n) is 7.28. The molecule has 1 N–H and O–H groups in total. The fourth-order valence-electron chi connectivity index (χ4n) is 4.42. The first kappa shape index (κ1) is 24.6. The normalized spacial score (nSPS) is 14.6. The largest absolute Gasteiger partial charge is 0.486 e. The van der Waals surface area contributed by atoms with Gasteiger partial charge in [0.15, 0.2) is 11.5 Å². The van der Waals surface area contributed by atoms with Crippen molar-refractivity contribution in [1.29, 1.82) is 0 Å². The number of benzene rings is 3. The maximum atomic E-state index is 11.7. The smallest absolute Gasteiger partial charge is 0.309 e. The van der Waals surface area contributed by atoms with E-state index in [9.17, 15) is 9.90 Å². The molecule has 0 saturated heterocycles. The Morgan fingerprint density at radius 2 is 1.71 bits per heavy atom. The topological polar surface area (TPSA) is 55.8 Å². The lowest BCUT2D eigenvalue weighted by Crippen LogP contribution is -2.27. The third kappa shape index (κ3) is 5.43. The average molecular weight is 471 g/mol. The van der Waals surface area contributed by atoms with Crippen molar-refractivity contribution in [1.82, 2.24) is 0 Å². The Kier molecular flexibility index (Phi) is 7.30. The molecule has 0 radical (unpaired) electrons. The van der Waals surface area contributed by atoms with E-state index < -0.39 is 11.4 Å². The van der Waals surface area contributed by atoms with E-state index in [4.69, 9.17) is 9.47 Å². The molecule has 35 heavy (non-hydrogen) atoms. The molecule has 0 amide bonds. The minimum absolute atomic E-state index is 0.574. The zero-order valence-electron chi connectivity index (χ0n) is 21.1. The van der Waals surface area contributed by atoms with Gasteiger partial charge in [0.25, 0.3) is 0 Å². The van der Waals surface area contributed by atoms with Crippen LogP contribution in [-0.2, 0) is 11.2 Å². The van der Waals surface area contributed by atoms with E-state index in [1.165, 1.54) is 16.7 Å². The van der Waals surface area contributed by atoms with Crippen LogP contribution in [0.5, 0.6) is 11.5 Å². The predicted molar refractivity (Wildman–Crippen MR) is 142 cm³/mol. The summed E-state index contributed by atoms with van der Waals surface area (Å²) in [5.41, 5.74) is 7.47. The third-order valence-corrected chi connectivity index (χ3v) is 7.28. The van der Waals surface area contributed by atoms with Crippen molar-refractivity contribution < 1.29 is 19.4 Å². The minimum atomic E-state index is -0.722. The highest BCUT2D eigenvalue weighted by Crippen LogP contribution is 2.36. The summed E-state index contributed by atoms with van der Waals surface area (Å²) in [6.45, 7) is 9.19. The average Bonchev–Trinajstić information content (AvgIpc) is 2.87. The molecular weight excluding hydrogens is 436 g/mol. The van der Waals surface area contributed by atoms with Gasteiger partial charge in [-0.05, 0) is 91.1 Å². The summed E-state index contributed by atoms with van der Waals surface area (Å²) < 4.78 is 11.4. The molecular formula is C31H34O4. The van der Waals surface area contributed by atoms with Crippen LogP contribution in [0.3, 0.4) is 0 Å². The standard InChI is InChI=1S/C31H34O4/c1-5-31(4,30(32)33)16-15-23-10-9-21(2)25(19-23)12-11-24-7-6-8-27(22(24)3)26-13-14-28-29(20-26)35-18-17-34-28/h6-14,19-20H,5,15-18H2,1-4H3,(H,32,33)/b12-11+. The van der Waals surface area contributed by atoms with E-state index in [2.05, 4.69) is 74.5 Å². The fourth-order valence-corrected chi connectivity index (χ4v) is 4.42. The molecule has 3 aromatic carbocycles. The number of carbonyl (C=O) groups is 1. The van der Waals surface area contributed by atoms with Gasteiger partial charge in [0.2, 0.25) is 0 Å². The molecule has 0 aliphatic carbocycles. The number of carboxylic acid groups (broad SMARTS) is 1. The zero-order chi connectivity index (χ0) is 25.0. The monoisotopic (exact) mass is 470 g/mol. The first-order valence-electron chi connectivity index (χ1n) is 12.3. The number of fused-ring (bicyclic) bond motifs is 1. The molecule has 4 nitrogen and oxygen atoms in total. The zero-order valence-corrected chi connectivity index (χ0v) is 21.1. The summed E-state index contributed by atoms with van der Waals surface area (Å²) in [5, 5.41) is 9.58. The van der Waals surface area contributed by atoms with Crippen molar-refractivity contribution in [3.8, 4) is 22.6 Å². The van der Waals surface area contributed by atoms with Crippen LogP contribution in [-0.4, -0.2) is 24.3 Å². The first-order valence-corrected chi connectivity index (χ1v) is 12.3. The van der Waals surface area contributed by atoms with Crippen molar-refractivity contribution in [2.24, 2.45) is 5.41 Å².